The van der Waals surface area contributed by atoms with Crippen molar-refractivity contribution >= 4 is 27.1 Å². The van der Waals surface area contributed by atoms with Crippen LogP contribution in [-0.2, 0) is 32.0 Å². The molecule has 10 heteroatoms. The van der Waals surface area contributed by atoms with E-state index in [0.29, 0.717) is 24.4 Å². The van der Waals surface area contributed by atoms with E-state index in [4.69, 9.17) is 4.74 Å². The number of carbonyl (C=O) groups excluding carboxylic acids is 1. The molecule has 3 aromatic carbocycles. The van der Waals surface area contributed by atoms with Crippen LogP contribution in [0.25, 0.3) is 0 Å². The van der Waals surface area contributed by atoms with Crippen molar-refractivity contribution in [2.75, 3.05) is 36.2 Å². The van der Waals surface area contributed by atoms with Gasteiger partial charge in [-0.15, -0.1) is 0 Å². The molecule has 39 heavy (non-hydrogen) atoms. The molecule has 3 aromatic rings. The van der Waals surface area contributed by atoms with Crippen molar-refractivity contribution in [3.63, 3.8) is 0 Å². The van der Waals surface area contributed by atoms with Gasteiger partial charge in [0.05, 0.1) is 35.3 Å². The molecule has 1 saturated heterocycles. The minimum Gasteiger partial charge on any atom is -0.383 e. The molecule has 1 heterocycles. The number of amides is 1. The summed E-state index contributed by atoms with van der Waals surface area (Å²) >= 11 is 0. The van der Waals surface area contributed by atoms with Gasteiger partial charge in [-0.1, -0.05) is 31.2 Å². The van der Waals surface area contributed by atoms with E-state index in [2.05, 4.69) is 10.2 Å². The normalized spacial score (nSPS) is 17.8. The number of benzene rings is 3. The number of nitrogens with one attached hydrogen (secondary N) is 1. The Balaban J connectivity index is 1.39. The van der Waals surface area contributed by atoms with Crippen LogP contribution < -0.4 is 10.2 Å². The van der Waals surface area contributed by atoms with E-state index in [1.165, 1.54) is 12.1 Å². The number of rotatable bonds is 9. The average molecular weight is 561 g/mol. The van der Waals surface area contributed by atoms with E-state index in [-0.39, 0.29) is 34.9 Å². The third-order valence-electron chi connectivity index (χ3n) is 6.99. The fourth-order valence-electron chi connectivity index (χ4n) is 4.88. The molecule has 208 valence electrons. The van der Waals surface area contributed by atoms with Crippen LogP contribution in [0.15, 0.2) is 77.7 Å². The summed E-state index contributed by atoms with van der Waals surface area (Å²) in [5, 5.41) is 2.86. The maximum atomic E-state index is 13.0. The van der Waals surface area contributed by atoms with Crippen LogP contribution in [0.3, 0.4) is 0 Å². The molecule has 1 fully saturated rings. The first-order valence-electron chi connectivity index (χ1n) is 12.6. The van der Waals surface area contributed by atoms with Crippen LogP contribution in [0.4, 0.5) is 24.5 Å². The second-order valence-corrected chi connectivity index (χ2v) is 11.9. The molecule has 0 radical (unpaired) electrons. The molecule has 1 amide bonds. The maximum absolute atomic E-state index is 13.0. The van der Waals surface area contributed by atoms with E-state index in [1.807, 2.05) is 12.1 Å². The number of methoxy groups -OCH3 is 1. The number of nitrogens with zero attached hydrogens (tertiary/aromatic N) is 1. The number of hydrogen-bond donors (Lipinski definition) is 1. The summed E-state index contributed by atoms with van der Waals surface area (Å²) in [7, 11) is -1.67. The molecule has 0 aliphatic carbocycles. The number of hydrogen-bond acceptors (Lipinski definition) is 5. The molecule has 2 atom stereocenters. The highest BCUT2D eigenvalue weighted by atomic mass is 32.2. The van der Waals surface area contributed by atoms with Crippen molar-refractivity contribution in [2.45, 2.75) is 42.8 Å². The first-order chi connectivity index (χ1) is 18.5. The summed E-state index contributed by atoms with van der Waals surface area (Å²) in [6, 6.07) is 19.1. The molecule has 0 saturated carbocycles. The first-order valence-corrected chi connectivity index (χ1v) is 14.3. The molecule has 1 aliphatic rings. The fraction of sp³-hybridized carbons (Fsp3) is 0.345. The Hall–Kier alpha value is -3.37. The Bertz CT molecular complexity index is 1370. The third kappa shape index (κ3) is 6.99. The largest absolute Gasteiger partial charge is 0.416 e. The predicted molar refractivity (Wildman–Crippen MR) is 145 cm³/mol. The highest BCUT2D eigenvalue weighted by Gasteiger charge is 2.34. The summed E-state index contributed by atoms with van der Waals surface area (Å²) in [4.78, 5) is 15.0. The number of halogens is 3. The van der Waals surface area contributed by atoms with Gasteiger partial charge in [-0.2, -0.15) is 13.2 Å². The zero-order valence-electron chi connectivity index (χ0n) is 21.7. The lowest BCUT2D eigenvalue weighted by Crippen LogP contribution is -2.32. The minimum atomic E-state index is -4.36. The topological polar surface area (TPSA) is 75.7 Å². The van der Waals surface area contributed by atoms with Crippen LogP contribution in [0.5, 0.6) is 0 Å². The molecule has 0 bridgehead atoms. The van der Waals surface area contributed by atoms with Crippen LogP contribution in [0.1, 0.15) is 36.0 Å². The number of anilines is 2. The lowest BCUT2D eigenvalue weighted by Gasteiger charge is -2.26. The lowest BCUT2D eigenvalue weighted by atomic mass is 9.95. The average Bonchev–Trinajstić information content (AvgIpc) is 3.33. The van der Waals surface area contributed by atoms with Gasteiger partial charge < -0.3 is 15.0 Å². The molecular formula is C29H31F3N2O4S. The molecule has 1 N–H and O–H groups in total. The summed E-state index contributed by atoms with van der Waals surface area (Å²) in [5.74, 6) is -0.150. The van der Waals surface area contributed by atoms with Crippen molar-refractivity contribution in [1.29, 1.82) is 0 Å². The Kier molecular flexibility index (Phi) is 8.66. The van der Waals surface area contributed by atoms with E-state index in [9.17, 15) is 26.4 Å². The van der Waals surface area contributed by atoms with Crippen LogP contribution in [-0.4, -0.2) is 46.4 Å². The fourth-order valence-corrected chi connectivity index (χ4v) is 5.76. The van der Waals surface area contributed by atoms with Gasteiger partial charge in [-0.25, -0.2) is 8.42 Å². The van der Waals surface area contributed by atoms with Gasteiger partial charge in [-0.3, -0.25) is 4.79 Å². The lowest BCUT2D eigenvalue weighted by molar-refractivity contribution is -0.137. The van der Waals surface area contributed by atoms with Crippen molar-refractivity contribution in [1.82, 2.24) is 0 Å². The van der Waals surface area contributed by atoms with Crippen LogP contribution >= 0.6 is 0 Å². The number of alkyl halides is 3. The number of carbonyl (C=O) groups is 1. The van der Waals surface area contributed by atoms with E-state index >= 15 is 0 Å². The third-order valence-corrected chi connectivity index (χ3v) is 8.74. The summed E-state index contributed by atoms with van der Waals surface area (Å²) in [6.07, 6.45) is -3.51. The standard InChI is InChI=1S/C29H31F3N2O4S/c1-3-39(36,37)27-14-4-20(5-15-27)16-28(35)33-24-10-12-25(13-11-24)34-18-22(17-26(34)19-38-2)21-6-8-23(9-7-21)29(30,31)32/h4-15,22,26H,3,16-19H2,1-2H3,(H,33,35)/t22?,26-/m0/s1. The van der Waals surface area contributed by atoms with Crippen molar-refractivity contribution in [3.8, 4) is 0 Å². The molecule has 6 nitrogen and oxygen atoms in total. The van der Waals surface area contributed by atoms with Gasteiger partial charge in [0.25, 0.3) is 0 Å². The summed E-state index contributed by atoms with van der Waals surface area (Å²) in [6.45, 7) is 2.70. The quantitative estimate of drug-likeness (QED) is 0.364. The van der Waals surface area contributed by atoms with Gasteiger partial charge in [0, 0.05) is 30.9 Å². The highest BCUT2D eigenvalue weighted by Crippen LogP contribution is 2.37. The Morgan fingerprint density at radius 3 is 2.21 bits per heavy atom. The molecule has 1 aliphatic heterocycles. The zero-order valence-corrected chi connectivity index (χ0v) is 22.6. The van der Waals surface area contributed by atoms with E-state index in [0.717, 1.165) is 29.8 Å². The van der Waals surface area contributed by atoms with Gasteiger partial charge in [0.15, 0.2) is 9.84 Å². The Morgan fingerprint density at radius 2 is 1.64 bits per heavy atom. The molecule has 0 aromatic heterocycles. The number of ether oxygens (including phenoxy) is 1. The Labute approximate surface area is 226 Å². The van der Waals surface area contributed by atoms with E-state index < -0.39 is 21.6 Å². The predicted octanol–water partition coefficient (Wildman–Crippen LogP) is 5.69. The van der Waals surface area contributed by atoms with Crippen molar-refractivity contribution < 1.29 is 31.1 Å². The van der Waals surface area contributed by atoms with Crippen molar-refractivity contribution in [3.05, 3.63) is 89.5 Å². The summed E-state index contributed by atoms with van der Waals surface area (Å²) in [5.41, 5.74) is 2.45. The van der Waals surface area contributed by atoms with Crippen LogP contribution in [0, 0.1) is 0 Å². The van der Waals surface area contributed by atoms with Gasteiger partial charge >= 0.3 is 6.18 Å². The second kappa shape index (κ2) is 11.8. The SMILES string of the molecule is CCS(=O)(=O)c1ccc(CC(=O)Nc2ccc(N3CC(c4ccc(C(F)(F)F)cc4)C[C@H]3COC)cc2)cc1. The second-order valence-electron chi connectivity index (χ2n) is 9.63. The number of sulfone groups is 1. The molecule has 0 spiro atoms. The molecular weight excluding hydrogens is 529 g/mol. The first kappa shape index (κ1) is 28.6. The highest BCUT2D eigenvalue weighted by molar-refractivity contribution is 7.91. The smallest absolute Gasteiger partial charge is 0.383 e. The molecule has 4 rings (SSSR count). The van der Waals surface area contributed by atoms with Gasteiger partial charge in [0.1, 0.15) is 0 Å². The molecule has 1 unspecified atom stereocenters. The maximum Gasteiger partial charge on any atom is 0.416 e. The Morgan fingerprint density at radius 1 is 1.00 bits per heavy atom. The minimum absolute atomic E-state index is 0.0161. The van der Waals surface area contributed by atoms with E-state index in [1.54, 1.807) is 50.4 Å². The monoisotopic (exact) mass is 560 g/mol. The summed E-state index contributed by atoms with van der Waals surface area (Å²) < 4.78 is 68.2. The van der Waals surface area contributed by atoms with Crippen LogP contribution in [0.2, 0.25) is 0 Å². The van der Waals surface area contributed by atoms with Gasteiger partial charge in [0.2, 0.25) is 5.91 Å². The van der Waals surface area contributed by atoms with Crippen molar-refractivity contribution in [2.24, 2.45) is 0 Å². The van der Waals surface area contributed by atoms with Gasteiger partial charge in [-0.05, 0) is 66.1 Å². The zero-order chi connectivity index (χ0) is 28.2.